The van der Waals surface area contributed by atoms with Crippen LogP contribution in [0.15, 0.2) is 23.8 Å². The molecule has 0 spiro atoms. The zero-order valence-electron chi connectivity index (χ0n) is 19.6. The van der Waals surface area contributed by atoms with Crippen molar-refractivity contribution < 1.29 is 30.6 Å². The summed E-state index contributed by atoms with van der Waals surface area (Å²) in [5.41, 5.74) is -1.51. The van der Waals surface area contributed by atoms with Crippen molar-refractivity contribution in [1.82, 2.24) is 0 Å². The van der Waals surface area contributed by atoms with Gasteiger partial charge in [0.2, 0.25) is 0 Å². The van der Waals surface area contributed by atoms with Gasteiger partial charge in [0.05, 0.1) is 13.6 Å². The van der Waals surface area contributed by atoms with Crippen LogP contribution in [-0.4, -0.2) is 52.5 Å². The van der Waals surface area contributed by atoms with Crippen molar-refractivity contribution in [3.05, 3.63) is 23.8 Å². The van der Waals surface area contributed by atoms with Crippen LogP contribution in [0.4, 0.5) is 0 Å². The Hall–Kier alpha value is -1.34. The van der Waals surface area contributed by atoms with Crippen LogP contribution < -0.4 is 0 Å². The van der Waals surface area contributed by atoms with E-state index >= 15 is 0 Å². The highest BCUT2D eigenvalue weighted by molar-refractivity contribution is 5.93. The van der Waals surface area contributed by atoms with Gasteiger partial charge in [0, 0.05) is 23.2 Å². The number of carbonyl (C=O) groups excluding carboxylic acids is 2. The molecule has 2 saturated carbocycles. The van der Waals surface area contributed by atoms with Gasteiger partial charge in [0.25, 0.3) is 0 Å². The molecule has 6 nitrogen and oxygen atoms in total. The van der Waals surface area contributed by atoms with E-state index in [4.69, 9.17) is 10.8 Å². The van der Waals surface area contributed by atoms with Crippen LogP contribution in [0.5, 0.6) is 0 Å². The Labute approximate surface area is 185 Å². The molecule has 1 saturated heterocycles. The standard InChI is InChI=1S/C25H34O6/c1-4-5-21-30-20-11-17-16-7-6-14-10-15(27)8-9-23(14,2)22(16)18(28)12-24(17,3)25(20,31-21)19(29)13-26/h6,8-9,16-18,20-22,26,28H,4-5,7,10-13H2,1-3H3/i21D. The van der Waals surface area contributed by atoms with Gasteiger partial charge in [-0.2, -0.15) is 0 Å². The normalized spacial score (nSPS) is 53.2. The highest BCUT2D eigenvalue weighted by Gasteiger charge is 2.75. The van der Waals surface area contributed by atoms with Crippen LogP contribution in [0.2, 0.25) is 0 Å². The van der Waals surface area contributed by atoms with Gasteiger partial charge < -0.3 is 19.7 Å². The molecule has 0 aromatic heterocycles. The first-order valence-electron chi connectivity index (χ1n) is 12.2. The number of carbonyl (C=O) groups is 2. The number of allylic oxidation sites excluding steroid dienone is 4. The lowest BCUT2D eigenvalue weighted by molar-refractivity contribution is -0.198. The molecule has 0 aromatic carbocycles. The Bertz CT molecular complexity index is 914. The molecule has 6 heteroatoms. The topological polar surface area (TPSA) is 93.1 Å². The Balaban J connectivity index is 1.58. The van der Waals surface area contributed by atoms with E-state index in [1.807, 2.05) is 19.9 Å². The lowest BCUT2D eigenvalue weighted by atomic mass is 9.47. The molecule has 0 bridgehead atoms. The predicted molar refractivity (Wildman–Crippen MR) is 113 cm³/mol. The first-order chi connectivity index (χ1) is 15.0. The molecule has 5 rings (SSSR count). The van der Waals surface area contributed by atoms with Gasteiger partial charge in [-0.05, 0) is 43.6 Å². The maximum absolute atomic E-state index is 13.3. The Morgan fingerprint density at radius 1 is 1.39 bits per heavy atom. The third-order valence-electron chi connectivity index (χ3n) is 9.18. The largest absolute Gasteiger partial charge is 0.393 e. The number of hydrogen-bond acceptors (Lipinski definition) is 6. The second-order valence-electron chi connectivity index (χ2n) is 10.6. The summed E-state index contributed by atoms with van der Waals surface area (Å²) in [6.07, 6.45) is 5.84. The summed E-state index contributed by atoms with van der Waals surface area (Å²) in [7, 11) is 0. The molecule has 0 radical (unpaired) electrons. The zero-order chi connectivity index (χ0) is 23.1. The van der Waals surface area contributed by atoms with E-state index in [-0.39, 0.29) is 23.5 Å². The molecule has 31 heavy (non-hydrogen) atoms. The van der Waals surface area contributed by atoms with Crippen molar-refractivity contribution in [2.24, 2.45) is 28.6 Å². The quantitative estimate of drug-likeness (QED) is 0.665. The lowest BCUT2D eigenvalue weighted by Crippen LogP contribution is -2.63. The minimum absolute atomic E-state index is 0.0308. The fraction of sp³-hybridized carbons (Fsp3) is 0.760. The minimum Gasteiger partial charge on any atom is -0.393 e. The molecule has 1 aliphatic heterocycles. The maximum atomic E-state index is 13.3. The molecule has 1 heterocycles. The van der Waals surface area contributed by atoms with Crippen molar-refractivity contribution in [2.45, 2.75) is 83.4 Å². The average molecular weight is 432 g/mol. The van der Waals surface area contributed by atoms with E-state index in [0.717, 1.165) is 12.0 Å². The first kappa shape index (κ1) is 20.3. The van der Waals surface area contributed by atoms with Gasteiger partial charge in [-0.15, -0.1) is 0 Å². The highest BCUT2D eigenvalue weighted by atomic mass is 16.7. The van der Waals surface area contributed by atoms with E-state index in [1.165, 1.54) is 0 Å². The van der Waals surface area contributed by atoms with Gasteiger partial charge >= 0.3 is 0 Å². The highest BCUT2D eigenvalue weighted by Crippen LogP contribution is 2.69. The van der Waals surface area contributed by atoms with E-state index in [1.54, 1.807) is 6.08 Å². The molecule has 9 atom stereocenters. The van der Waals surface area contributed by atoms with E-state index in [0.29, 0.717) is 32.1 Å². The predicted octanol–water partition coefficient (Wildman–Crippen LogP) is 2.72. The molecular formula is C25H34O6. The smallest absolute Gasteiger partial charge is 0.193 e. The molecule has 9 unspecified atom stereocenters. The molecule has 0 aromatic rings. The zero-order valence-corrected chi connectivity index (χ0v) is 18.6. The summed E-state index contributed by atoms with van der Waals surface area (Å²) in [6, 6.07) is 0. The van der Waals surface area contributed by atoms with Gasteiger partial charge in [0.1, 0.15) is 6.61 Å². The third kappa shape index (κ3) is 2.65. The Kier molecular flexibility index (Phi) is 4.63. The molecule has 3 fully saturated rings. The number of hydrogen-bond donors (Lipinski definition) is 2. The van der Waals surface area contributed by atoms with Gasteiger partial charge in [-0.1, -0.05) is 44.9 Å². The lowest BCUT2D eigenvalue weighted by Gasteiger charge is -2.59. The van der Waals surface area contributed by atoms with Crippen molar-refractivity contribution in [2.75, 3.05) is 6.61 Å². The van der Waals surface area contributed by atoms with Crippen LogP contribution in [0.3, 0.4) is 0 Å². The number of ketones is 2. The molecule has 170 valence electrons. The first-order valence-corrected chi connectivity index (χ1v) is 11.7. The summed E-state index contributed by atoms with van der Waals surface area (Å²) in [5.74, 6) is -0.313. The summed E-state index contributed by atoms with van der Waals surface area (Å²) < 4.78 is 21.0. The van der Waals surface area contributed by atoms with Crippen molar-refractivity contribution in [1.29, 1.82) is 0 Å². The maximum Gasteiger partial charge on any atom is 0.193 e. The second-order valence-corrected chi connectivity index (χ2v) is 10.6. The molecule has 2 N–H and O–H groups in total. The summed E-state index contributed by atoms with van der Waals surface area (Å²) in [6.45, 7) is 5.35. The van der Waals surface area contributed by atoms with E-state index in [9.17, 15) is 19.8 Å². The number of fused-ring (bicyclic) bond motifs is 7. The van der Waals surface area contributed by atoms with Crippen LogP contribution >= 0.6 is 0 Å². The van der Waals surface area contributed by atoms with Crippen LogP contribution in [0.25, 0.3) is 0 Å². The number of ether oxygens (including phenoxy) is 2. The van der Waals surface area contributed by atoms with Crippen LogP contribution in [0, 0.1) is 28.6 Å². The summed E-state index contributed by atoms with van der Waals surface area (Å²) in [5, 5.41) is 21.4. The fourth-order valence-corrected chi connectivity index (χ4v) is 7.87. The fourth-order valence-electron chi connectivity index (χ4n) is 7.87. The number of aliphatic hydroxyl groups excluding tert-OH is 2. The van der Waals surface area contributed by atoms with Crippen molar-refractivity contribution >= 4 is 11.6 Å². The third-order valence-corrected chi connectivity index (χ3v) is 9.18. The van der Waals surface area contributed by atoms with Gasteiger partial charge in [-0.25, -0.2) is 0 Å². The molecule has 0 amide bonds. The molecule has 4 aliphatic carbocycles. The Morgan fingerprint density at radius 3 is 2.87 bits per heavy atom. The number of rotatable bonds is 4. The van der Waals surface area contributed by atoms with Gasteiger partial charge in [0.15, 0.2) is 23.4 Å². The second kappa shape index (κ2) is 7.08. The average Bonchev–Trinajstić information content (AvgIpc) is 3.15. The minimum atomic E-state index is -1.61. The van der Waals surface area contributed by atoms with E-state index < -0.39 is 47.3 Å². The molecule has 5 aliphatic rings. The van der Waals surface area contributed by atoms with Crippen molar-refractivity contribution in [3.8, 4) is 0 Å². The summed E-state index contributed by atoms with van der Waals surface area (Å²) >= 11 is 0. The monoisotopic (exact) mass is 431 g/mol. The number of aliphatic hydroxyl groups is 2. The van der Waals surface area contributed by atoms with Crippen LogP contribution in [0.1, 0.15) is 60.7 Å². The van der Waals surface area contributed by atoms with E-state index in [2.05, 4.69) is 13.0 Å². The summed E-state index contributed by atoms with van der Waals surface area (Å²) in [4.78, 5) is 25.3. The van der Waals surface area contributed by atoms with Crippen LogP contribution in [-0.2, 0) is 19.1 Å². The number of Topliss-reactive ketones (excluding diaryl/α,β-unsaturated/α-hetero) is 1. The Morgan fingerprint density at radius 2 is 2.16 bits per heavy atom. The SMILES string of the molecule is [2H]C1(CCC)OC2CC3C4CC=C5CC(=O)C=CC5(C)C4C(O)CC3(C)C2(C(=O)CO)O1. The molecular weight excluding hydrogens is 396 g/mol. The van der Waals surface area contributed by atoms with Crippen molar-refractivity contribution in [3.63, 3.8) is 0 Å². The van der Waals surface area contributed by atoms with Gasteiger partial charge in [-0.3, -0.25) is 9.59 Å².